The molecule has 0 bridgehead atoms. The number of hydrogen-bond acceptors (Lipinski definition) is 5. The van der Waals surface area contributed by atoms with Gasteiger partial charge < -0.3 is 4.42 Å². The van der Waals surface area contributed by atoms with Crippen molar-refractivity contribution in [1.82, 2.24) is 14.9 Å². The molecule has 0 saturated carbocycles. The van der Waals surface area contributed by atoms with Gasteiger partial charge in [0.05, 0.1) is 4.90 Å². The molecule has 0 saturated heterocycles. The highest BCUT2D eigenvalue weighted by Crippen LogP contribution is 2.31. The van der Waals surface area contributed by atoms with Crippen LogP contribution in [-0.4, -0.2) is 18.6 Å². The fourth-order valence-electron chi connectivity index (χ4n) is 2.84. The topological polar surface area (TPSA) is 85.1 Å². The highest BCUT2D eigenvalue weighted by molar-refractivity contribution is 7.89. The van der Waals surface area contributed by atoms with Crippen LogP contribution in [0, 0.1) is 5.82 Å². The van der Waals surface area contributed by atoms with E-state index in [1.54, 1.807) is 36.4 Å². The van der Waals surface area contributed by atoms with Crippen LogP contribution < -0.4 is 4.72 Å². The summed E-state index contributed by atoms with van der Waals surface area (Å²) in [7, 11) is -4.05. The third-order valence-corrected chi connectivity index (χ3v) is 6.10. The van der Waals surface area contributed by atoms with Crippen LogP contribution in [0.25, 0.3) is 11.5 Å². The first-order valence-electron chi connectivity index (χ1n) is 8.85. The van der Waals surface area contributed by atoms with Crippen molar-refractivity contribution in [3.8, 4) is 11.5 Å². The van der Waals surface area contributed by atoms with E-state index in [2.05, 4.69) is 14.9 Å². The van der Waals surface area contributed by atoms with Crippen molar-refractivity contribution in [3.63, 3.8) is 0 Å². The molecule has 0 fully saturated rings. The second-order valence-electron chi connectivity index (χ2n) is 6.34. The summed E-state index contributed by atoms with van der Waals surface area (Å²) in [4.78, 5) is -0.108. The van der Waals surface area contributed by atoms with E-state index in [0.717, 1.165) is 12.1 Å². The lowest BCUT2D eigenvalue weighted by Gasteiger charge is -2.17. The number of nitrogens with zero attached hydrogens (tertiary/aromatic N) is 2. The van der Waals surface area contributed by atoms with Crippen LogP contribution in [-0.2, 0) is 10.0 Å². The summed E-state index contributed by atoms with van der Waals surface area (Å²) in [5.74, 6) is -0.280. The Morgan fingerprint density at radius 1 is 0.900 bits per heavy atom. The lowest BCUT2D eigenvalue weighted by atomic mass is 10.1. The number of aromatic nitrogens is 2. The minimum atomic E-state index is -4.05. The van der Waals surface area contributed by atoms with E-state index in [4.69, 9.17) is 16.0 Å². The van der Waals surface area contributed by atoms with E-state index in [9.17, 15) is 12.8 Å². The van der Waals surface area contributed by atoms with Crippen molar-refractivity contribution < 1.29 is 17.2 Å². The highest BCUT2D eigenvalue weighted by atomic mass is 35.5. The number of hydrogen-bond donors (Lipinski definition) is 1. The van der Waals surface area contributed by atoms with Crippen molar-refractivity contribution in [2.24, 2.45) is 0 Å². The van der Waals surface area contributed by atoms with Crippen LogP contribution in [0.2, 0.25) is 5.02 Å². The molecule has 0 radical (unpaired) electrons. The molecule has 6 nitrogen and oxygen atoms in total. The van der Waals surface area contributed by atoms with Gasteiger partial charge in [-0.25, -0.2) is 12.8 Å². The molecule has 3 aromatic carbocycles. The zero-order chi connectivity index (χ0) is 21.1. The van der Waals surface area contributed by atoms with Gasteiger partial charge in [-0.1, -0.05) is 48.0 Å². The second-order valence-corrected chi connectivity index (χ2v) is 8.46. The Labute approximate surface area is 177 Å². The SMILES string of the molecule is O=S(=O)(N[C@H](c1nnc(-c2ccccc2)o1)c1ccccc1Cl)c1ccc(F)cc1. The van der Waals surface area contributed by atoms with Gasteiger partial charge >= 0.3 is 0 Å². The van der Waals surface area contributed by atoms with Crippen molar-refractivity contribution in [2.45, 2.75) is 10.9 Å². The molecule has 9 heteroatoms. The molecular weight excluding hydrogens is 429 g/mol. The summed E-state index contributed by atoms with van der Waals surface area (Å²) < 4.78 is 47.4. The smallest absolute Gasteiger partial charge is 0.247 e. The molecule has 1 N–H and O–H groups in total. The Bertz CT molecular complexity index is 1260. The van der Waals surface area contributed by atoms with Crippen molar-refractivity contribution >= 4 is 21.6 Å². The van der Waals surface area contributed by atoms with Crippen molar-refractivity contribution in [3.05, 3.63) is 101 Å². The number of benzene rings is 3. The third kappa shape index (κ3) is 4.25. The largest absolute Gasteiger partial charge is 0.419 e. The molecule has 0 aliphatic carbocycles. The Hall–Kier alpha value is -3.07. The molecule has 0 aliphatic rings. The Balaban J connectivity index is 1.75. The zero-order valence-electron chi connectivity index (χ0n) is 15.4. The molecule has 1 heterocycles. The maximum atomic E-state index is 13.2. The first-order valence-corrected chi connectivity index (χ1v) is 10.7. The summed E-state index contributed by atoms with van der Waals surface area (Å²) >= 11 is 6.31. The van der Waals surface area contributed by atoms with Crippen LogP contribution in [0.5, 0.6) is 0 Å². The van der Waals surface area contributed by atoms with E-state index < -0.39 is 21.9 Å². The Morgan fingerprint density at radius 2 is 1.57 bits per heavy atom. The molecule has 1 atom stereocenters. The minimum Gasteiger partial charge on any atom is -0.419 e. The second kappa shape index (κ2) is 8.35. The maximum Gasteiger partial charge on any atom is 0.247 e. The van der Waals surface area contributed by atoms with Gasteiger partial charge in [-0.3, -0.25) is 0 Å². The maximum absolute atomic E-state index is 13.2. The molecular formula is C21H15ClFN3O3S. The average Bonchev–Trinajstić information content (AvgIpc) is 3.24. The van der Waals surface area contributed by atoms with Crippen LogP contribution in [0.4, 0.5) is 4.39 Å². The van der Waals surface area contributed by atoms with Gasteiger partial charge in [0.1, 0.15) is 11.9 Å². The van der Waals surface area contributed by atoms with Gasteiger partial charge in [0.15, 0.2) is 0 Å². The van der Waals surface area contributed by atoms with E-state index in [-0.39, 0.29) is 16.7 Å². The standard InChI is InChI=1S/C21H15ClFN3O3S/c22-18-9-5-4-8-17(18)19(26-30(27,28)16-12-10-15(23)11-13-16)21-25-24-20(29-21)14-6-2-1-3-7-14/h1-13,19,26H/t19-/m0/s1. The number of halogens is 2. The number of sulfonamides is 1. The number of nitrogens with one attached hydrogen (secondary N) is 1. The lowest BCUT2D eigenvalue weighted by Crippen LogP contribution is -2.30. The molecule has 0 amide bonds. The minimum absolute atomic E-state index is 0.0210. The Kier molecular flexibility index (Phi) is 5.63. The molecule has 4 aromatic rings. The molecule has 30 heavy (non-hydrogen) atoms. The summed E-state index contributed by atoms with van der Waals surface area (Å²) in [6.45, 7) is 0. The molecule has 1 aromatic heterocycles. The third-order valence-electron chi connectivity index (χ3n) is 4.32. The van der Waals surface area contributed by atoms with Gasteiger partial charge in [0.25, 0.3) is 0 Å². The molecule has 152 valence electrons. The predicted molar refractivity (Wildman–Crippen MR) is 110 cm³/mol. The molecule has 0 aliphatic heterocycles. The monoisotopic (exact) mass is 443 g/mol. The normalized spacial score (nSPS) is 12.6. The summed E-state index contributed by atoms with van der Waals surface area (Å²) in [6.07, 6.45) is 0. The quantitative estimate of drug-likeness (QED) is 0.471. The van der Waals surface area contributed by atoms with Crippen molar-refractivity contribution in [1.29, 1.82) is 0 Å². The fourth-order valence-corrected chi connectivity index (χ4v) is 4.26. The van der Waals surface area contributed by atoms with Gasteiger partial charge in [0.2, 0.25) is 21.8 Å². The van der Waals surface area contributed by atoms with Crippen LogP contribution >= 0.6 is 11.6 Å². The van der Waals surface area contributed by atoms with Crippen LogP contribution in [0.15, 0.2) is 88.2 Å². The lowest BCUT2D eigenvalue weighted by molar-refractivity contribution is 0.464. The van der Waals surface area contributed by atoms with Gasteiger partial charge in [-0.15, -0.1) is 10.2 Å². The Morgan fingerprint density at radius 3 is 2.27 bits per heavy atom. The van der Waals surface area contributed by atoms with Crippen LogP contribution in [0.1, 0.15) is 17.5 Å². The first kappa shape index (κ1) is 20.2. The highest BCUT2D eigenvalue weighted by Gasteiger charge is 2.29. The van der Waals surface area contributed by atoms with Gasteiger partial charge in [0, 0.05) is 10.6 Å². The fraction of sp³-hybridized carbons (Fsp3) is 0.0476. The van der Waals surface area contributed by atoms with Crippen LogP contribution in [0.3, 0.4) is 0 Å². The number of rotatable bonds is 6. The first-order chi connectivity index (χ1) is 14.4. The zero-order valence-corrected chi connectivity index (χ0v) is 16.9. The summed E-state index contributed by atoms with van der Waals surface area (Å²) in [6, 6.07) is 19.3. The van der Waals surface area contributed by atoms with E-state index in [1.165, 1.54) is 12.1 Å². The predicted octanol–water partition coefficient (Wildman–Crippen LogP) is 4.60. The van der Waals surface area contributed by atoms with Gasteiger partial charge in [-0.05, 0) is 48.0 Å². The average molecular weight is 444 g/mol. The van der Waals surface area contributed by atoms with Gasteiger partial charge in [-0.2, -0.15) is 4.72 Å². The van der Waals surface area contributed by atoms with E-state index in [1.807, 2.05) is 18.2 Å². The summed E-state index contributed by atoms with van der Waals surface area (Å²) in [5.41, 5.74) is 1.13. The molecule has 4 rings (SSSR count). The van der Waals surface area contributed by atoms with E-state index in [0.29, 0.717) is 16.1 Å². The molecule has 0 unspecified atom stereocenters. The summed E-state index contributed by atoms with van der Waals surface area (Å²) in [5, 5.41) is 8.40. The van der Waals surface area contributed by atoms with Crippen molar-refractivity contribution in [2.75, 3.05) is 0 Å². The van der Waals surface area contributed by atoms with E-state index >= 15 is 0 Å². The molecule has 0 spiro atoms.